The lowest BCUT2D eigenvalue weighted by Crippen LogP contribution is -2.34. The summed E-state index contributed by atoms with van der Waals surface area (Å²) in [4.78, 5) is 36.6. The second kappa shape index (κ2) is 8.83. The van der Waals surface area contributed by atoms with Crippen LogP contribution >= 0.6 is 0 Å². The van der Waals surface area contributed by atoms with Crippen LogP contribution in [0.25, 0.3) is 11.1 Å². The fourth-order valence-corrected chi connectivity index (χ4v) is 3.65. The molecule has 0 saturated carbocycles. The number of nitrogens with two attached hydrogens (primary N) is 1. The molecule has 8 heteroatoms. The lowest BCUT2D eigenvalue weighted by molar-refractivity contribution is 0.103. The number of pyridine rings is 2. The minimum atomic E-state index is -0.917. The van der Waals surface area contributed by atoms with Crippen molar-refractivity contribution in [3.63, 3.8) is 0 Å². The Kier molecular flexibility index (Phi) is 5.79. The first-order valence-electron chi connectivity index (χ1n) is 10.1. The molecular weight excluding hydrogens is 394 g/mol. The molecule has 1 aromatic carbocycles. The summed E-state index contributed by atoms with van der Waals surface area (Å²) >= 11 is 0. The number of amides is 1. The van der Waals surface area contributed by atoms with Crippen molar-refractivity contribution < 1.29 is 14.7 Å². The lowest BCUT2D eigenvalue weighted by Gasteiger charge is -2.22. The van der Waals surface area contributed by atoms with Crippen molar-refractivity contribution in [2.45, 2.75) is 6.42 Å². The SMILES string of the molecule is Nc1ncc(-c2ccccc2)cc1C(=O)c1cccc(N2CCCN(C(=O)O)CC2)n1. The van der Waals surface area contributed by atoms with Gasteiger partial charge in [0.1, 0.15) is 17.3 Å². The van der Waals surface area contributed by atoms with E-state index in [0.29, 0.717) is 44.0 Å². The minimum absolute atomic E-state index is 0.156. The second-order valence-electron chi connectivity index (χ2n) is 7.34. The Morgan fingerprint density at radius 2 is 1.74 bits per heavy atom. The number of hydrogen-bond acceptors (Lipinski definition) is 6. The average molecular weight is 417 g/mol. The highest BCUT2D eigenvalue weighted by atomic mass is 16.4. The van der Waals surface area contributed by atoms with Crippen LogP contribution in [0.2, 0.25) is 0 Å². The van der Waals surface area contributed by atoms with Crippen molar-refractivity contribution >= 4 is 23.5 Å². The van der Waals surface area contributed by atoms with Gasteiger partial charge in [0.2, 0.25) is 5.78 Å². The van der Waals surface area contributed by atoms with Gasteiger partial charge in [0, 0.05) is 37.9 Å². The van der Waals surface area contributed by atoms with Gasteiger partial charge in [-0.25, -0.2) is 14.8 Å². The highest BCUT2D eigenvalue weighted by Crippen LogP contribution is 2.24. The molecule has 1 amide bonds. The molecule has 158 valence electrons. The van der Waals surface area contributed by atoms with Crippen LogP contribution in [0, 0.1) is 0 Å². The van der Waals surface area contributed by atoms with E-state index in [-0.39, 0.29) is 17.3 Å². The molecule has 3 heterocycles. The molecule has 1 fully saturated rings. The van der Waals surface area contributed by atoms with E-state index in [4.69, 9.17) is 5.73 Å². The number of hydrogen-bond donors (Lipinski definition) is 2. The molecule has 3 N–H and O–H groups in total. The number of anilines is 2. The number of nitrogen functional groups attached to an aromatic ring is 1. The summed E-state index contributed by atoms with van der Waals surface area (Å²) in [5.41, 5.74) is 8.34. The van der Waals surface area contributed by atoms with Crippen LogP contribution < -0.4 is 10.6 Å². The quantitative estimate of drug-likeness (QED) is 0.627. The average Bonchev–Trinajstić information content (AvgIpc) is 3.06. The summed E-state index contributed by atoms with van der Waals surface area (Å²) < 4.78 is 0. The minimum Gasteiger partial charge on any atom is -0.465 e. The number of carboxylic acid groups (broad SMARTS) is 1. The molecule has 1 saturated heterocycles. The number of nitrogens with zero attached hydrogens (tertiary/aromatic N) is 4. The van der Waals surface area contributed by atoms with E-state index in [2.05, 4.69) is 9.97 Å². The predicted molar refractivity (Wildman–Crippen MR) is 118 cm³/mol. The summed E-state index contributed by atoms with van der Waals surface area (Å²) in [5, 5.41) is 9.22. The molecule has 0 bridgehead atoms. The fourth-order valence-electron chi connectivity index (χ4n) is 3.65. The molecule has 0 spiro atoms. The Morgan fingerprint density at radius 3 is 2.52 bits per heavy atom. The normalized spacial score (nSPS) is 14.2. The third kappa shape index (κ3) is 4.48. The maximum atomic E-state index is 13.2. The first-order chi connectivity index (χ1) is 15.0. The molecule has 0 unspecified atom stereocenters. The number of ketones is 1. The summed E-state index contributed by atoms with van der Waals surface area (Å²) in [7, 11) is 0. The molecule has 0 radical (unpaired) electrons. The monoisotopic (exact) mass is 417 g/mol. The fraction of sp³-hybridized carbons (Fsp3) is 0.217. The zero-order valence-corrected chi connectivity index (χ0v) is 16.9. The van der Waals surface area contributed by atoms with Crippen molar-refractivity contribution in [3.05, 3.63) is 72.1 Å². The largest absolute Gasteiger partial charge is 0.465 e. The first kappa shape index (κ1) is 20.3. The summed E-state index contributed by atoms with van der Waals surface area (Å²) in [6.07, 6.45) is 1.43. The van der Waals surface area contributed by atoms with Gasteiger partial charge in [0.25, 0.3) is 0 Å². The van der Waals surface area contributed by atoms with Gasteiger partial charge in [-0.2, -0.15) is 0 Å². The number of benzene rings is 1. The van der Waals surface area contributed by atoms with E-state index in [0.717, 1.165) is 11.1 Å². The standard InChI is InChI=1S/C23H23N5O3/c24-22-18(14-17(15-25-22)16-6-2-1-3-7-16)21(29)19-8-4-9-20(26-19)27-10-5-11-28(13-12-27)23(30)31/h1-4,6-9,14-15H,5,10-13H2,(H2,24,25)(H,30,31). The summed E-state index contributed by atoms with van der Waals surface area (Å²) in [6, 6.07) is 16.7. The van der Waals surface area contributed by atoms with Crippen LogP contribution in [0.5, 0.6) is 0 Å². The van der Waals surface area contributed by atoms with Gasteiger partial charge in [-0.1, -0.05) is 36.4 Å². The molecule has 8 nitrogen and oxygen atoms in total. The maximum absolute atomic E-state index is 13.2. The van der Waals surface area contributed by atoms with Gasteiger partial charge >= 0.3 is 6.09 Å². The van der Waals surface area contributed by atoms with Crippen LogP contribution in [0.4, 0.5) is 16.4 Å². The number of aromatic nitrogens is 2. The van der Waals surface area contributed by atoms with Crippen molar-refractivity contribution in [2.24, 2.45) is 0 Å². The predicted octanol–water partition coefficient (Wildman–Crippen LogP) is 3.15. The Balaban J connectivity index is 1.60. The van der Waals surface area contributed by atoms with E-state index in [1.165, 1.54) is 4.90 Å². The van der Waals surface area contributed by atoms with Crippen LogP contribution in [0.3, 0.4) is 0 Å². The van der Waals surface area contributed by atoms with Gasteiger partial charge in [-0.3, -0.25) is 4.79 Å². The first-order valence-corrected chi connectivity index (χ1v) is 10.1. The Morgan fingerprint density at radius 1 is 0.935 bits per heavy atom. The van der Waals surface area contributed by atoms with E-state index in [9.17, 15) is 14.7 Å². The van der Waals surface area contributed by atoms with E-state index >= 15 is 0 Å². The topological polar surface area (TPSA) is 113 Å². The number of carbonyl (C=O) groups is 2. The molecule has 2 aromatic heterocycles. The molecule has 4 rings (SSSR count). The van der Waals surface area contributed by atoms with Crippen molar-refractivity contribution in [2.75, 3.05) is 36.8 Å². The lowest BCUT2D eigenvalue weighted by atomic mass is 10.0. The number of rotatable bonds is 4. The van der Waals surface area contributed by atoms with Crippen molar-refractivity contribution in [1.82, 2.24) is 14.9 Å². The summed E-state index contributed by atoms with van der Waals surface area (Å²) in [6.45, 7) is 2.07. The van der Waals surface area contributed by atoms with Gasteiger partial charge in [0.05, 0.1) is 5.56 Å². The zero-order chi connectivity index (χ0) is 21.8. The highest BCUT2D eigenvalue weighted by Gasteiger charge is 2.21. The molecule has 1 aliphatic rings. The summed E-state index contributed by atoms with van der Waals surface area (Å²) in [5.74, 6) is 0.499. The van der Waals surface area contributed by atoms with Gasteiger partial charge in [-0.05, 0) is 30.2 Å². The number of carbonyl (C=O) groups excluding carboxylic acids is 1. The smallest absolute Gasteiger partial charge is 0.407 e. The molecule has 0 atom stereocenters. The Hall–Kier alpha value is -3.94. The Labute approximate surface area is 180 Å². The molecule has 3 aromatic rings. The van der Waals surface area contributed by atoms with Crippen molar-refractivity contribution in [1.29, 1.82) is 0 Å². The van der Waals surface area contributed by atoms with E-state index < -0.39 is 6.09 Å². The van der Waals surface area contributed by atoms with E-state index in [1.807, 2.05) is 41.3 Å². The molecular formula is C23H23N5O3. The van der Waals surface area contributed by atoms with Crippen LogP contribution in [0.15, 0.2) is 60.8 Å². The molecule has 1 aliphatic heterocycles. The van der Waals surface area contributed by atoms with Crippen LogP contribution in [-0.2, 0) is 0 Å². The van der Waals surface area contributed by atoms with Gasteiger partial charge < -0.3 is 20.6 Å². The van der Waals surface area contributed by atoms with Gasteiger partial charge in [0.15, 0.2) is 0 Å². The van der Waals surface area contributed by atoms with Crippen LogP contribution in [-0.4, -0.2) is 58.0 Å². The van der Waals surface area contributed by atoms with E-state index in [1.54, 1.807) is 24.4 Å². The molecule has 31 heavy (non-hydrogen) atoms. The third-order valence-electron chi connectivity index (χ3n) is 5.33. The zero-order valence-electron chi connectivity index (χ0n) is 16.9. The maximum Gasteiger partial charge on any atom is 0.407 e. The molecule has 0 aliphatic carbocycles. The van der Waals surface area contributed by atoms with Crippen LogP contribution in [0.1, 0.15) is 22.5 Å². The van der Waals surface area contributed by atoms with Crippen molar-refractivity contribution in [3.8, 4) is 11.1 Å². The van der Waals surface area contributed by atoms with Gasteiger partial charge in [-0.15, -0.1) is 0 Å². The highest BCUT2D eigenvalue weighted by molar-refractivity contribution is 6.11. The Bertz CT molecular complexity index is 1100. The third-order valence-corrected chi connectivity index (χ3v) is 5.33. The second-order valence-corrected chi connectivity index (χ2v) is 7.34.